The van der Waals surface area contributed by atoms with E-state index < -0.39 is 0 Å². The van der Waals surface area contributed by atoms with Crippen molar-refractivity contribution in [2.75, 3.05) is 13.1 Å². The molecule has 0 aromatic heterocycles. The quantitative estimate of drug-likeness (QED) is 0.890. The number of fused-ring (bicyclic) bond motifs is 1. The topological polar surface area (TPSA) is 32.3 Å². The fourth-order valence-electron chi connectivity index (χ4n) is 3.76. The third-order valence-corrected chi connectivity index (χ3v) is 5.22. The van der Waals surface area contributed by atoms with Crippen molar-refractivity contribution >= 4 is 16.7 Å². The van der Waals surface area contributed by atoms with E-state index in [1.165, 1.54) is 30.0 Å². The van der Waals surface area contributed by atoms with E-state index in [0.717, 1.165) is 18.5 Å². The molecule has 1 aliphatic rings. The molecule has 2 unspecified atom stereocenters. The Labute approximate surface area is 145 Å². The van der Waals surface area contributed by atoms with Gasteiger partial charge in [0.2, 0.25) is 5.91 Å². The number of likely N-dealkylation sites (tertiary alicyclic amines) is 1. The van der Waals surface area contributed by atoms with Gasteiger partial charge in [0.25, 0.3) is 0 Å². The standard InChI is InChI=1S/C21H28N2O/c1-3-20-10-6-7-13-23(20)15-21(24)22-16(2)18-12-11-17-8-4-5-9-19(17)14-18/h4-5,8-9,11-12,14,16,20H,3,6-7,10,13,15H2,1-2H3,(H,22,24). The first-order valence-electron chi connectivity index (χ1n) is 9.19. The molecule has 1 N–H and O–H groups in total. The number of nitrogens with one attached hydrogen (secondary N) is 1. The van der Waals surface area contributed by atoms with Gasteiger partial charge >= 0.3 is 0 Å². The lowest BCUT2D eigenvalue weighted by Crippen LogP contribution is -2.45. The second kappa shape index (κ2) is 7.80. The maximum Gasteiger partial charge on any atom is 0.234 e. The van der Waals surface area contributed by atoms with Gasteiger partial charge in [-0.05, 0) is 55.1 Å². The third-order valence-electron chi connectivity index (χ3n) is 5.22. The van der Waals surface area contributed by atoms with Crippen LogP contribution in [0.5, 0.6) is 0 Å². The van der Waals surface area contributed by atoms with Gasteiger partial charge in [0.15, 0.2) is 0 Å². The molecule has 2 aromatic rings. The van der Waals surface area contributed by atoms with Crippen LogP contribution in [0.3, 0.4) is 0 Å². The summed E-state index contributed by atoms with van der Waals surface area (Å²) in [5.41, 5.74) is 1.16. The largest absolute Gasteiger partial charge is 0.348 e. The number of nitrogens with zero attached hydrogens (tertiary/aromatic N) is 1. The van der Waals surface area contributed by atoms with E-state index in [4.69, 9.17) is 0 Å². The van der Waals surface area contributed by atoms with Gasteiger partial charge in [-0.25, -0.2) is 0 Å². The molecule has 3 nitrogen and oxygen atoms in total. The Hall–Kier alpha value is -1.87. The Morgan fingerprint density at radius 3 is 2.79 bits per heavy atom. The van der Waals surface area contributed by atoms with Crippen molar-refractivity contribution in [3.8, 4) is 0 Å². The average Bonchev–Trinajstić information content (AvgIpc) is 2.61. The summed E-state index contributed by atoms with van der Waals surface area (Å²) >= 11 is 0. The van der Waals surface area contributed by atoms with E-state index >= 15 is 0 Å². The van der Waals surface area contributed by atoms with Gasteiger partial charge in [-0.15, -0.1) is 0 Å². The summed E-state index contributed by atoms with van der Waals surface area (Å²) in [6.45, 7) is 5.86. The van der Waals surface area contributed by atoms with Crippen LogP contribution in [0.15, 0.2) is 42.5 Å². The molecule has 1 fully saturated rings. The van der Waals surface area contributed by atoms with Crippen LogP contribution < -0.4 is 5.32 Å². The first kappa shape index (κ1) is 17.0. The first-order valence-corrected chi connectivity index (χ1v) is 9.19. The number of hydrogen-bond donors (Lipinski definition) is 1. The normalized spacial score (nSPS) is 20.0. The van der Waals surface area contributed by atoms with Crippen LogP contribution in [0.2, 0.25) is 0 Å². The van der Waals surface area contributed by atoms with Crippen molar-refractivity contribution in [3.63, 3.8) is 0 Å². The molecule has 24 heavy (non-hydrogen) atoms. The molecule has 1 heterocycles. The van der Waals surface area contributed by atoms with Gasteiger partial charge < -0.3 is 5.32 Å². The molecule has 0 radical (unpaired) electrons. The minimum Gasteiger partial charge on any atom is -0.348 e. The number of carbonyl (C=O) groups is 1. The van der Waals surface area contributed by atoms with E-state index in [1.807, 2.05) is 0 Å². The van der Waals surface area contributed by atoms with Gasteiger partial charge in [-0.2, -0.15) is 0 Å². The third kappa shape index (κ3) is 3.96. The lowest BCUT2D eigenvalue weighted by Gasteiger charge is -2.34. The molecule has 3 heteroatoms. The second-order valence-corrected chi connectivity index (χ2v) is 6.92. The number of rotatable bonds is 5. The molecule has 3 rings (SSSR count). The maximum absolute atomic E-state index is 12.5. The SMILES string of the molecule is CCC1CCCCN1CC(=O)NC(C)c1ccc2ccccc2c1. The van der Waals surface area contributed by atoms with Crippen LogP contribution in [0.4, 0.5) is 0 Å². The van der Waals surface area contributed by atoms with Crippen LogP contribution >= 0.6 is 0 Å². The van der Waals surface area contributed by atoms with E-state index in [0.29, 0.717) is 12.6 Å². The average molecular weight is 324 g/mol. The maximum atomic E-state index is 12.5. The molecular weight excluding hydrogens is 296 g/mol. The van der Waals surface area contributed by atoms with E-state index in [2.05, 4.69) is 66.5 Å². The number of benzene rings is 2. The molecule has 2 atom stereocenters. The summed E-state index contributed by atoms with van der Waals surface area (Å²) in [4.78, 5) is 14.8. The second-order valence-electron chi connectivity index (χ2n) is 6.92. The highest BCUT2D eigenvalue weighted by molar-refractivity contribution is 5.83. The van der Waals surface area contributed by atoms with Gasteiger partial charge in [0, 0.05) is 6.04 Å². The smallest absolute Gasteiger partial charge is 0.234 e. The predicted octanol–water partition coefficient (Wildman–Crippen LogP) is 4.28. The molecule has 0 aliphatic carbocycles. The molecule has 128 valence electrons. The lowest BCUT2D eigenvalue weighted by molar-refractivity contribution is -0.123. The van der Waals surface area contributed by atoms with Crippen molar-refractivity contribution in [3.05, 3.63) is 48.0 Å². The highest BCUT2D eigenvalue weighted by Gasteiger charge is 2.23. The zero-order chi connectivity index (χ0) is 16.9. The molecule has 2 aromatic carbocycles. The summed E-state index contributed by atoms with van der Waals surface area (Å²) in [6.07, 6.45) is 4.87. The highest BCUT2D eigenvalue weighted by atomic mass is 16.2. The highest BCUT2D eigenvalue weighted by Crippen LogP contribution is 2.21. The van der Waals surface area contributed by atoms with Crippen molar-refractivity contribution in [2.24, 2.45) is 0 Å². The Balaban J connectivity index is 1.62. The Morgan fingerprint density at radius 2 is 2.00 bits per heavy atom. The van der Waals surface area contributed by atoms with Crippen LogP contribution in [0, 0.1) is 0 Å². The summed E-state index contributed by atoms with van der Waals surface area (Å²) in [5.74, 6) is 0.135. The summed E-state index contributed by atoms with van der Waals surface area (Å²) in [7, 11) is 0. The van der Waals surface area contributed by atoms with Crippen LogP contribution in [0.1, 0.15) is 51.1 Å². The molecule has 0 spiro atoms. The Kier molecular flexibility index (Phi) is 5.52. The van der Waals surface area contributed by atoms with Crippen LogP contribution in [-0.2, 0) is 4.79 Å². The van der Waals surface area contributed by atoms with E-state index in [-0.39, 0.29) is 11.9 Å². The monoisotopic (exact) mass is 324 g/mol. The number of hydrogen-bond acceptors (Lipinski definition) is 2. The summed E-state index contributed by atoms with van der Waals surface area (Å²) in [6, 6.07) is 15.4. The molecular formula is C21H28N2O. The van der Waals surface area contributed by atoms with Gasteiger partial charge in [0.05, 0.1) is 12.6 Å². The Morgan fingerprint density at radius 1 is 1.21 bits per heavy atom. The van der Waals surface area contributed by atoms with Crippen molar-refractivity contribution < 1.29 is 4.79 Å². The fourth-order valence-corrected chi connectivity index (χ4v) is 3.76. The fraction of sp³-hybridized carbons (Fsp3) is 0.476. The van der Waals surface area contributed by atoms with Crippen molar-refractivity contribution in [1.82, 2.24) is 10.2 Å². The zero-order valence-electron chi connectivity index (χ0n) is 14.8. The first-order chi connectivity index (χ1) is 11.7. The predicted molar refractivity (Wildman–Crippen MR) is 100 cm³/mol. The summed E-state index contributed by atoms with van der Waals surface area (Å²) in [5, 5.41) is 5.63. The molecule has 1 saturated heterocycles. The zero-order valence-corrected chi connectivity index (χ0v) is 14.8. The lowest BCUT2D eigenvalue weighted by atomic mass is 10.00. The number of amides is 1. The molecule has 1 amide bonds. The minimum atomic E-state index is 0.0342. The molecule has 0 bridgehead atoms. The van der Waals surface area contributed by atoms with Gasteiger partial charge in [-0.3, -0.25) is 9.69 Å². The Bertz CT molecular complexity index is 697. The molecule has 1 aliphatic heterocycles. The molecule has 0 saturated carbocycles. The van der Waals surface area contributed by atoms with Crippen LogP contribution in [-0.4, -0.2) is 29.9 Å². The van der Waals surface area contributed by atoms with Gasteiger partial charge in [0.1, 0.15) is 0 Å². The summed E-state index contributed by atoms with van der Waals surface area (Å²) < 4.78 is 0. The van der Waals surface area contributed by atoms with Crippen molar-refractivity contribution in [2.45, 2.75) is 51.6 Å². The van der Waals surface area contributed by atoms with Gasteiger partial charge in [-0.1, -0.05) is 49.7 Å². The number of piperidine rings is 1. The number of carbonyl (C=O) groups excluding carboxylic acids is 1. The minimum absolute atomic E-state index is 0.0342. The van der Waals surface area contributed by atoms with Crippen molar-refractivity contribution in [1.29, 1.82) is 0 Å². The van der Waals surface area contributed by atoms with E-state index in [1.54, 1.807) is 0 Å². The van der Waals surface area contributed by atoms with Crippen LogP contribution in [0.25, 0.3) is 10.8 Å². The van der Waals surface area contributed by atoms with E-state index in [9.17, 15) is 4.79 Å².